The summed E-state index contributed by atoms with van der Waals surface area (Å²) in [6, 6.07) is -0.337. The summed E-state index contributed by atoms with van der Waals surface area (Å²) in [5.41, 5.74) is 0.870. The molecular formula is C16H23F2N5O. The van der Waals surface area contributed by atoms with Crippen molar-refractivity contribution in [1.82, 2.24) is 15.0 Å². The molecule has 2 unspecified atom stereocenters. The first-order chi connectivity index (χ1) is 11.4. The number of allylic oxidation sites excluding steroid dienone is 1. The number of anilines is 2. The molecule has 0 saturated heterocycles. The van der Waals surface area contributed by atoms with Crippen molar-refractivity contribution in [3.63, 3.8) is 0 Å². The molecule has 1 aromatic rings. The summed E-state index contributed by atoms with van der Waals surface area (Å²) in [7, 11) is 0. The number of halogens is 2. The normalized spacial score (nSPS) is 26.1. The van der Waals surface area contributed by atoms with Gasteiger partial charge in [-0.25, -0.2) is 8.78 Å². The van der Waals surface area contributed by atoms with Crippen LogP contribution in [0.15, 0.2) is 6.08 Å². The molecule has 2 aliphatic rings. The number of hydrogen-bond donors (Lipinski definition) is 3. The van der Waals surface area contributed by atoms with Crippen molar-refractivity contribution in [2.24, 2.45) is 0 Å². The van der Waals surface area contributed by atoms with Gasteiger partial charge in [-0.2, -0.15) is 15.0 Å². The second-order valence-electron chi connectivity index (χ2n) is 6.43. The van der Waals surface area contributed by atoms with Crippen LogP contribution >= 0.6 is 0 Å². The van der Waals surface area contributed by atoms with E-state index >= 15 is 0 Å². The molecule has 0 bridgehead atoms. The molecular weight excluding hydrogens is 316 g/mol. The average Bonchev–Trinajstić information content (AvgIpc) is 2.86. The Bertz CT molecular complexity index is 622. The smallest absolute Gasteiger partial charge is 0.250 e. The van der Waals surface area contributed by atoms with Crippen LogP contribution in [0.1, 0.15) is 51.3 Å². The number of nitrogens with one attached hydrogen (secondary N) is 2. The van der Waals surface area contributed by atoms with E-state index < -0.39 is 12.0 Å². The number of aliphatic hydroxyl groups excluding tert-OH is 1. The van der Waals surface area contributed by atoms with Crippen LogP contribution in [-0.2, 0) is 0 Å². The quantitative estimate of drug-likeness (QED) is 0.765. The van der Waals surface area contributed by atoms with Crippen LogP contribution in [0.4, 0.5) is 20.7 Å². The molecule has 2 atom stereocenters. The van der Waals surface area contributed by atoms with E-state index in [-0.39, 0.29) is 18.9 Å². The maximum atomic E-state index is 13.4. The second kappa shape index (κ2) is 6.96. The van der Waals surface area contributed by atoms with Crippen LogP contribution in [0.5, 0.6) is 0 Å². The van der Waals surface area contributed by atoms with E-state index in [4.69, 9.17) is 0 Å². The lowest BCUT2D eigenvalue weighted by Gasteiger charge is -2.18. The van der Waals surface area contributed by atoms with Crippen molar-refractivity contribution in [2.45, 2.75) is 63.5 Å². The zero-order valence-corrected chi connectivity index (χ0v) is 13.7. The van der Waals surface area contributed by atoms with Crippen molar-refractivity contribution in [3.05, 3.63) is 11.9 Å². The molecule has 1 heterocycles. The minimum Gasteiger partial charge on any atom is -0.389 e. The van der Waals surface area contributed by atoms with Gasteiger partial charge in [0.2, 0.25) is 17.8 Å². The highest BCUT2D eigenvalue weighted by Gasteiger charge is 2.39. The number of hydrogen-bond acceptors (Lipinski definition) is 6. The van der Waals surface area contributed by atoms with Gasteiger partial charge in [-0.1, -0.05) is 0 Å². The Hall–Kier alpha value is -1.83. The van der Waals surface area contributed by atoms with Gasteiger partial charge in [0, 0.05) is 25.4 Å². The van der Waals surface area contributed by atoms with Crippen molar-refractivity contribution in [3.8, 4) is 0 Å². The van der Waals surface area contributed by atoms with Crippen LogP contribution in [0.2, 0.25) is 0 Å². The highest BCUT2D eigenvalue weighted by Crippen LogP contribution is 2.36. The van der Waals surface area contributed by atoms with E-state index in [1.807, 2.05) is 6.92 Å². The minimum absolute atomic E-state index is 0.111. The third kappa shape index (κ3) is 4.17. The number of aliphatic hydroxyl groups is 1. The summed E-state index contributed by atoms with van der Waals surface area (Å²) in [5, 5.41) is 15.9. The fourth-order valence-electron chi connectivity index (χ4n) is 3.16. The number of rotatable bonds is 5. The molecule has 0 radical (unpaired) electrons. The van der Waals surface area contributed by atoms with Gasteiger partial charge in [-0.15, -0.1) is 0 Å². The van der Waals surface area contributed by atoms with E-state index in [9.17, 15) is 13.9 Å². The maximum absolute atomic E-state index is 13.4. The summed E-state index contributed by atoms with van der Waals surface area (Å²) in [4.78, 5) is 13.0. The highest BCUT2D eigenvalue weighted by molar-refractivity contribution is 5.63. The monoisotopic (exact) mass is 339 g/mol. The largest absolute Gasteiger partial charge is 0.389 e. The molecule has 0 spiro atoms. The first kappa shape index (κ1) is 17.0. The standard InChI is InChI=1S/C16H23F2N5O/c1-2-19-14-21-13(10-4-3-5-12(24)8-10)22-15(23-14)20-11-6-7-16(17,18)9-11/h8,11-12,24H,2-7,9H2,1H3,(H2,19,20,21,22,23). The fraction of sp³-hybridized carbons (Fsp3) is 0.688. The Balaban J connectivity index is 1.83. The molecule has 0 aliphatic heterocycles. The van der Waals surface area contributed by atoms with Crippen molar-refractivity contribution >= 4 is 17.5 Å². The lowest BCUT2D eigenvalue weighted by atomic mass is 9.97. The van der Waals surface area contributed by atoms with Gasteiger partial charge in [-0.05, 0) is 44.3 Å². The summed E-state index contributed by atoms with van der Waals surface area (Å²) in [6.45, 7) is 2.57. The first-order valence-corrected chi connectivity index (χ1v) is 8.48. The van der Waals surface area contributed by atoms with Crippen LogP contribution in [-0.4, -0.2) is 44.7 Å². The van der Waals surface area contributed by atoms with E-state index in [0.29, 0.717) is 30.7 Å². The molecule has 1 saturated carbocycles. The van der Waals surface area contributed by atoms with E-state index in [0.717, 1.165) is 24.8 Å². The Morgan fingerprint density at radius 2 is 2.04 bits per heavy atom. The molecule has 3 N–H and O–H groups in total. The van der Waals surface area contributed by atoms with E-state index in [1.165, 1.54) is 0 Å². The van der Waals surface area contributed by atoms with Crippen molar-refractivity contribution in [2.75, 3.05) is 17.2 Å². The molecule has 24 heavy (non-hydrogen) atoms. The Labute approximate surface area is 139 Å². The number of nitrogens with zero attached hydrogens (tertiary/aromatic N) is 3. The maximum Gasteiger partial charge on any atom is 0.250 e. The zero-order valence-electron chi connectivity index (χ0n) is 13.7. The minimum atomic E-state index is -2.62. The average molecular weight is 339 g/mol. The molecule has 0 aromatic carbocycles. The molecule has 132 valence electrons. The molecule has 6 nitrogen and oxygen atoms in total. The first-order valence-electron chi connectivity index (χ1n) is 8.48. The van der Waals surface area contributed by atoms with Crippen LogP contribution in [0, 0.1) is 0 Å². The van der Waals surface area contributed by atoms with Crippen LogP contribution in [0.25, 0.3) is 5.57 Å². The van der Waals surface area contributed by atoms with Crippen molar-refractivity contribution in [1.29, 1.82) is 0 Å². The number of aromatic nitrogens is 3. The van der Waals surface area contributed by atoms with Gasteiger partial charge < -0.3 is 15.7 Å². The Kier molecular flexibility index (Phi) is 4.93. The lowest BCUT2D eigenvalue weighted by Crippen LogP contribution is -2.22. The van der Waals surface area contributed by atoms with E-state index in [1.54, 1.807) is 6.08 Å². The molecule has 3 rings (SSSR count). The predicted octanol–water partition coefficient (Wildman–Crippen LogP) is 2.83. The summed E-state index contributed by atoms with van der Waals surface area (Å²) in [6.07, 6.45) is 3.75. The third-order valence-electron chi connectivity index (χ3n) is 4.33. The van der Waals surface area contributed by atoms with Gasteiger partial charge in [0.1, 0.15) is 0 Å². The third-order valence-corrected chi connectivity index (χ3v) is 4.33. The highest BCUT2D eigenvalue weighted by atomic mass is 19.3. The topological polar surface area (TPSA) is 83.0 Å². The summed E-state index contributed by atoms with van der Waals surface area (Å²) >= 11 is 0. The van der Waals surface area contributed by atoms with Crippen LogP contribution < -0.4 is 10.6 Å². The van der Waals surface area contributed by atoms with Gasteiger partial charge in [0.15, 0.2) is 5.82 Å². The summed E-state index contributed by atoms with van der Waals surface area (Å²) < 4.78 is 26.7. The zero-order chi connectivity index (χ0) is 17.2. The molecule has 8 heteroatoms. The van der Waals surface area contributed by atoms with Gasteiger partial charge in [0.05, 0.1) is 6.10 Å². The molecule has 1 aromatic heterocycles. The predicted molar refractivity (Wildman–Crippen MR) is 88.0 cm³/mol. The van der Waals surface area contributed by atoms with Gasteiger partial charge >= 0.3 is 0 Å². The van der Waals surface area contributed by atoms with Gasteiger partial charge in [0.25, 0.3) is 0 Å². The lowest BCUT2D eigenvalue weighted by molar-refractivity contribution is 0.00851. The van der Waals surface area contributed by atoms with Crippen LogP contribution in [0.3, 0.4) is 0 Å². The van der Waals surface area contributed by atoms with Gasteiger partial charge in [-0.3, -0.25) is 0 Å². The van der Waals surface area contributed by atoms with E-state index in [2.05, 4.69) is 25.6 Å². The number of alkyl halides is 2. The molecule has 0 amide bonds. The van der Waals surface area contributed by atoms with Crippen molar-refractivity contribution < 1.29 is 13.9 Å². The Morgan fingerprint density at radius 3 is 2.71 bits per heavy atom. The fourth-order valence-corrected chi connectivity index (χ4v) is 3.16. The molecule has 2 aliphatic carbocycles. The Morgan fingerprint density at radius 1 is 1.25 bits per heavy atom. The SMILES string of the molecule is CCNc1nc(NC2CCC(F)(F)C2)nc(C2=CC(O)CCC2)n1. The second-order valence-corrected chi connectivity index (χ2v) is 6.43. The molecule has 1 fully saturated rings. The summed E-state index contributed by atoms with van der Waals surface area (Å²) in [5.74, 6) is -1.41.